The van der Waals surface area contributed by atoms with Crippen molar-refractivity contribution < 1.29 is 44.5 Å². The highest BCUT2D eigenvalue weighted by Gasteiger charge is 2.45. The van der Waals surface area contributed by atoms with Gasteiger partial charge in [0, 0.05) is 19.0 Å². The first-order chi connectivity index (χ1) is 13.2. The Morgan fingerprint density at radius 2 is 1.70 bits per heavy atom. The molecule has 5 nitrogen and oxygen atoms in total. The van der Waals surface area contributed by atoms with Crippen molar-refractivity contribution in [2.24, 2.45) is 11.8 Å². The van der Waals surface area contributed by atoms with Crippen LogP contribution < -0.4 is 18.1 Å². The average Bonchev–Trinajstić information content (AvgIpc) is 2.66. The smallest absolute Gasteiger partial charge is 0.416 e. The Balaban J connectivity index is 0.00000450. The lowest BCUT2D eigenvalue weighted by molar-refractivity contribution is -0.416. The summed E-state index contributed by atoms with van der Waals surface area (Å²) in [5, 5.41) is 0. The van der Waals surface area contributed by atoms with Gasteiger partial charge >= 0.3 is 6.18 Å². The molecule has 1 aromatic carbocycles. The van der Waals surface area contributed by atoms with Crippen LogP contribution in [0.5, 0.6) is 0 Å². The number of amides is 1. The predicted octanol–water partition coefficient (Wildman–Crippen LogP) is -0.233. The van der Waals surface area contributed by atoms with Crippen molar-refractivity contribution in [2.45, 2.75) is 62.4 Å². The molecule has 172 valence electrons. The summed E-state index contributed by atoms with van der Waals surface area (Å²) in [6.07, 6.45) is -3.66. The van der Waals surface area contributed by atoms with E-state index in [1.165, 1.54) is 6.07 Å². The van der Waals surface area contributed by atoms with Crippen LogP contribution in [0.1, 0.15) is 46.1 Å². The zero-order valence-corrected chi connectivity index (χ0v) is 19.2. The molecule has 0 aromatic heterocycles. The molecular formula is C20H30ClF3N2O3S. The van der Waals surface area contributed by atoms with Crippen molar-refractivity contribution in [1.29, 1.82) is 0 Å². The number of hydrogen-bond donors (Lipinski definition) is 1. The second-order valence-electron chi connectivity index (χ2n) is 8.58. The second-order valence-corrected chi connectivity index (χ2v) is 11.1. The number of halogens is 4. The molecule has 0 unspecified atom stereocenters. The highest BCUT2D eigenvalue weighted by Crippen LogP contribution is 2.39. The average molecular weight is 471 g/mol. The molecule has 1 aliphatic heterocycles. The maximum atomic E-state index is 13.2. The summed E-state index contributed by atoms with van der Waals surface area (Å²) in [7, 11) is -4.00. The van der Waals surface area contributed by atoms with Crippen LogP contribution in [0, 0.1) is 11.8 Å². The van der Waals surface area contributed by atoms with Gasteiger partial charge in [0.2, 0.25) is 0 Å². The van der Waals surface area contributed by atoms with Crippen LogP contribution >= 0.6 is 0 Å². The van der Waals surface area contributed by atoms with E-state index < -0.39 is 26.3 Å². The van der Waals surface area contributed by atoms with Gasteiger partial charge in [0.15, 0.2) is 15.9 Å². The monoisotopic (exact) mass is 470 g/mol. The van der Waals surface area contributed by atoms with E-state index in [4.69, 9.17) is 0 Å². The summed E-state index contributed by atoms with van der Waals surface area (Å²) < 4.78 is 64.2. The molecular weight excluding hydrogens is 441 g/mol. The van der Waals surface area contributed by atoms with Crippen LogP contribution in [0.4, 0.5) is 13.2 Å². The van der Waals surface area contributed by atoms with Crippen molar-refractivity contribution in [3.05, 3.63) is 29.8 Å². The van der Waals surface area contributed by atoms with Gasteiger partial charge in [-0.2, -0.15) is 13.2 Å². The molecule has 30 heavy (non-hydrogen) atoms. The molecule has 1 aromatic rings. The zero-order chi connectivity index (χ0) is 22.2. The third kappa shape index (κ3) is 5.29. The fourth-order valence-electron chi connectivity index (χ4n) is 3.68. The van der Waals surface area contributed by atoms with E-state index in [1.807, 2.05) is 13.8 Å². The van der Waals surface area contributed by atoms with E-state index in [0.717, 1.165) is 12.1 Å². The van der Waals surface area contributed by atoms with E-state index in [0.29, 0.717) is 32.0 Å². The van der Waals surface area contributed by atoms with Crippen molar-refractivity contribution in [3.8, 4) is 0 Å². The summed E-state index contributed by atoms with van der Waals surface area (Å²) in [4.78, 5) is 13.9. The first kappa shape index (κ1) is 26.7. The second kappa shape index (κ2) is 9.44. The zero-order valence-electron chi connectivity index (χ0n) is 17.7. The van der Waals surface area contributed by atoms with E-state index >= 15 is 0 Å². The molecule has 10 heteroatoms. The number of rotatable bonds is 5. The summed E-state index contributed by atoms with van der Waals surface area (Å²) in [5.74, 6) is -0.205. The van der Waals surface area contributed by atoms with Gasteiger partial charge in [-0.3, -0.25) is 4.79 Å². The third-order valence-corrected chi connectivity index (χ3v) is 8.67. The van der Waals surface area contributed by atoms with E-state index in [9.17, 15) is 26.4 Å². The van der Waals surface area contributed by atoms with Gasteiger partial charge in [-0.25, -0.2) is 8.42 Å². The van der Waals surface area contributed by atoms with E-state index in [1.54, 1.807) is 18.7 Å². The quantitative estimate of drug-likeness (QED) is 0.645. The van der Waals surface area contributed by atoms with Gasteiger partial charge in [-0.1, -0.05) is 19.9 Å². The minimum atomic E-state index is -4.61. The van der Waals surface area contributed by atoms with Crippen LogP contribution in [0.2, 0.25) is 0 Å². The summed E-state index contributed by atoms with van der Waals surface area (Å²) >= 11 is 0. The number of carbonyl (C=O) groups is 1. The number of sulfone groups is 1. The molecule has 1 atom stereocenters. The third-order valence-electron chi connectivity index (χ3n) is 6.08. The molecule has 0 spiro atoms. The highest BCUT2D eigenvalue weighted by atomic mass is 35.5. The molecule has 0 radical (unpaired) electrons. The number of nitrogens with zero attached hydrogens (tertiary/aromatic N) is 1. The molecule has 1 fully saturated rings. The Bertz CT molecular complexity index is 849. The molecule has 0 bridgehead atoms. The van der Waals surface area contributed by atoms with Crippen LogP contribution in [-0.2, 0) is 20.8 Å². The molecule has 1 saturated heterocycles. The minimum Gasteiger partial charge on any atom is -1.00 e. The summed E-state index contributed by atoms with van der Waals surface area (Å²) in [6, 6.07) is 3.54. The maximum Gasteiger partial charge on any atom is 0.416 e. The number of likely N-dealkylation sites (tertiary alicyclic amines) is 1. The normalized spacial score (nSPS) is 17.6. The SMILES string of the molecule is CC(C)[C@H]([NH3+])C(=O)N1CCC(C(C)(C)S(=O)(=O)c2cccc(C(F)(F)F)c2)CC1.[Cl-]. The van der Waals surface area contributed by atoms with E-state index in [-0.39, 0.29) is 41.1 Å². The lowest BCUT2D eigenvalue weighted by atomic mass is 9.85. The van der Waals surface area contributed by atoms with Crippen LogP contribution in [0.15, 0.2) is 29.2 Å². The maximum absolute atomic E-state index is 13.2. The fourth-order valence-corrected chi connectivity index (χ4v) is 5.50. The van der Waals surface area contributed by atoms with Gasteiger partial charge < -0.3 is 23.0 Å². The van der Waals surface area contributed by atoms with Gasteiger partial charge in [0.25, 0.3) is 5.91 Å². The fraction of sp³-hybridized carbons (Fsp3) is 0.650. The van der Waals surface area contributed by atoms with Crippen molar-refractivity contribution in [3.63, 3.8) is 0 Å². The predicted molar refractivity (Wildman–Crippen MR) is 104 cm³/mol. The summed E-state index contributed by atoms with van der Waals surface area (Å²) in [5.41, 5.74) is 2.93. The molecule has 1 heterocycles. The van der Waals surface area contributed by atoms with Crippen molar-refractivity contribution in [2.75, 3.05) is 13.1 Å². The number of carbonyl (C=O) groups excluding carboxylic acids is 1. The van der Waals surface area contributed by atoms with Crippen molar-refractivity contribution >= 4 is 15.7 Å². The van der Waals surface area contributed by atoms with Crippen molar-refractivity contribution in [1.82, 2.24) is 4.90 Å². The van der Waals surface area contributed by atoms with Crippen LogP contribution in [0.25, 0.3) is 0 Å². The van der Waals surface area contributed by atoms with Gasteiger partial charge in [-0.15, -0.1) is 0 Å². The number of hydrogen-bond acceptors (Lipinski definition) is 3. The minimum absolute atomic E-state index is 0. The highest BCUT2D eigenvalue weighted by molar-refractivity contribution is 7.92. The number of alkyl halides is 3. The largest absolute Gasteiger partial charge is 1.00 e. The number of benzene rings is 1. The standard InChI is InChI=1S/C20H29F3N2O3S.ClH/c1-13(2)17(24)18(26)25-10-8-14(9-11-25)19(3,4)29(27,28)16-7-5-6-15(12-16)20(21,22)23;/h5-7,12-14,17H,8-11,24H2,1-4H3;1H/t17-;/m0./s1. The first-order valence-electron chi connectivity index (χ1n) is 9.73. The molecule has 2 rings (SSSR count). The number of piperidine rings is 1. The first-order valence-corrected chi connectivity index (χ1v) is 11.2. The van der Waals surface area contributed by atoms with Crippen LogP contribution in [0.3, 0.4) is 0 Å². The topological polar surface area (TPSA) is 82.1 Å². The van der Waals surface area contributed by atoms with Crippen LogP contribution in [-0.4, -0.2) is 43.1 Å². The number of quaternary nitrogens is 1. The molecule has 0 saturated carbocycles. The van der Waals surface area contributed by atoms with Gasteiger partial charge in [0.05, 0.1) is 15.2 Å². The Morgan fingerprint density at radius 1 is 1.17 bits per heavy atom. The van der Waals surface area contributed by atoms with Gasteiger partial charge in [-0.05, 0) is 50.8 Å². The molecule has 1 amide bonds. The Labute approximate surface area is 182 Å². The Hall–Kier alpha value is -1.32. The Kier molecular flexibility index (Phi) is 8.41. The lowest BCUT2D eigenvalue weighted by Crippen LogP contribution is -3.00. The summed E-state index contributed by atoms with van der Waals surface area (Å²) in [6.45, 7) is 7.81. The van der Waals surface area contributed by atoms with Gasteiger partial charge in [0.1, 0.15) is 0 Å². The Morgan fingerprint density at radius 3 is 2.17 bits per heavy atom. The lowest BCUT2D eigenvalue weighted by Gasteiger charge is -2.40. The molecule has 3 N–H and O–H groups in total. The molecule has 1 aliphatic rings. The molecule has 0 aliphatic carbocycles. The van der Waals surface area contributed by atoms with E-state index in [2.05, 4.69) is 5.73 Å².